The maximum atomic E-state index is 6.37. The summed E-state index contributed by atoms with van der Waals surface area (Å²) in [4.78, 5) is 9.35. The van der Waals surface area contributed by atoms with Crippen molar-refractivity contribution < 1.29 is 25.8 Å². The van der Waals surface area contributed by atoms with Gasteiger partial charge in [0.05, 0.1) is 11.3 Å². The number of anilines is 3. The van der Waals surface area contributed by atoms with E-state index in [1.165, 1.54) is 5.56 Å². The molecule has 0 spiro atoms. The Morgan fingerprint density at radius 3 is 2.38 bits per heavy atom. The normalized spacial score (nSPS) is 12.6. The predicted molar refractivity (Wildman–Crippen MR) is 166 cm³/mol. The summed E-state index contributed by atoms with van der Waals surface area (Å²) in [5.74, 6) is 1.24. The van der Waals surface area contributed by atoms with E-state index in [1.54, 1.807) is 0 Å². The van der Waals surface area contributed by atoms with E-state index in [4.69, 9.17) is 9.72 Å². The number of para-hydroxylation sites is 3. The molecule has 0 amide bonds. The van der Waals surface area contributed by atoms with Crippen LogP contribution in [0.4, 0.5) is 17.1 Å². The summed E-state index contributed by atoms with van der Waals surface area (Å²) in [7, 11) is 2.05. The number of pyridine rings is 1. The minimum absolute atomic E-state index is 0. The molecule has 0 aliphatic carbocycles. The number of aryl methyl sites for hydroxylation is 1. The van der Waals surface area contributed by atoms with Crippen molar-refractivity contribution >= 4 is 44.4 Å². The van der Waals surface area contributed by atoms with Gasteiger partial charge < -0.3 is 18.9 Å². The molecule has 42 heavy (non-hydrogen) atoms. The zero-order valence-electron chi connectivity index (χ0n) is 23.0. The van der Waals surface area contributed by atoms with Gasteiger partial charge in [-0.2, -0.15) is 12.7 Å². The van der Waals surface area contributed by atoms with Gasteiger partial charge in [0, 0.05) is 61.2 Å². The third kappa shape index (κ3) is 4.24. The van der Waals surface area contributed by atoms with E-state index in [0.29, 0.717) is 11.5 Å². The molecule has 208 valence electrons. The Morgan fingerprint density at radius 1 is 0.738 bits per heavy atom. The number of nitrogens with zero attached hydrogens (tertiary/aromatic N) is 4. The fourth-order valence-electron chi connectivity index (χ4n) is 5.79. The minimum atomic E-state index is 0. The SMILES string of the molecule is Cc1ccccc1-c1cn2c3ccccc3c3ccc(Oc4[c-]c(N5[CH-]N(C)c6ccccc65)ccc4)[c-]c3c2n1.[Pt]. The number of hydrogen-bond donors (Lipinski definition) is 0. The van der Waals surface area contributed by atoms with E-state index in [2.05, 4.69) is 119 Å². The van der Waals surface area contributed by atoms with Gasteiger partial charge in [-0.1, -0.05) is 71.4 Å². The molecule has 3 heterocycles. The molecule has 7 aromatic rings. The van der Waals surface area contributed by atoms with Crippen LogP contribution in [0.2, 0.25) is 0 Å². The van der Waals surface area contributed by atoms with Crippen molar-refractivity contribution in [2.75, 3.05) is 16.8 Å². The van der Waals surface area contributed by atoms with Crippen LogP contribution in [-0.4, -0.2) is 16.4 Å². The molecule has 0 saturated carbocycles. The van der Waals surface area contributed by atoms with E-state index < -0.39 is 0 Å². The quantitative estimate of drug-likeness (QED) is 0.134. The summed E-state index contributed by atoms with van der Waals surface area (Å²) in [6.45, 7) is 4.18. The number of hydrogen-bond acceptors (Lipinski definition) is 4. The zero-order chi connectivity index (χ0) is 27.5. The number of rotatable bonds is 4. The molecule has 0 bridgehead atoms. The van der Waals surface area contributed by atoms with Crippen LogP contribution in [0.3, 0.4) is 0 Å². The van der Waals surface area contributed by atoms with E-state index in [0.717, 1.165) is 55.6 Å². The Bertz CT molecular complexity index is 2120. The number of aromatic nitrogens is 2. The average Bonchev–Trinajstić information content (AvgIpc) is 3.60. The van der Waals surface area contributed by atoms with Gasteiger partial charge in [-0.3, -0.25) is 4.98 Å². The molecule has 8 rings (SSSR count). The molecule has 1 aliphatic rings. The number of fused-ring (bicyclic) bond motifs is 7. The van der Waals surface area contributed by atoms with Crippen molar-refractivity contribution in [2.45, 2.75) is 6.92 Å². The van der Waals surface area contributed by atoms with Gasteiger partial charge in [0.25, 0.3) is 0 Å². The first-order valence-electron chi connectivity index (χ1n) is 13.6. The van der Waals surface area contributed by atoms with Gasteiger partial charge in [0.15, 0.2) is 0 Å². The fraction of sp³-hybridized carbons (Fsp3) is 0.0556. The summed E-state index contributed by atoms with van der Waals surface area (Å²) in [5, 5.41) is 3.15. The van der Waals surface area contributed by atoms with E-state index in [9.17, 15) is 0 Å². The van der Waals surface area contributed by atoms with E-state index in [-0.39, 0.29) is 21.1 Å². The Labute approximate surface area is 258 Å². The summed E-state index contributed by atoms with van der Waals surface area (Å²) >= 11 is 0. The van der Waals surface area contributed by atoms with Crippen LogP contribution in [0.25, 0.3) is 38.6 Å². The number of benzene rings is 5. The van der Waals surface area contributed by atoms with Gasteiger partial charge in [-0.25, -0.2) is 0 Å². The van der Waals surface area contributed by atoms with Crippen LogP contribution >= 0.6 is 0 Å². The molecule has 5 nitrogen and oxygen atoms in total. The molecular weight excluding hydrogens is 700 g/mol. The molecule has 0 fully saturated rings. The zero-order valence-corrected chi connectivity index (χ0v) is 25.3. The van der Waals surface area contributed by atoms with Crippen LogP contribution < -0.4 is 14.5 Å². The van der Waals surface area contributed by atoms with Crippen molar-refractivity contribution in [3.05, 3.63) is 134 Å². The summed E-state index contributed by atoms with van der Waals surface area (Å²) in [5.41, 5.74) is 8.38. The van der Waals surface area contributed by atoms with Crippen LogP contribution in [0.15, 0.2) is 109 Å². The van der Waals surface area contributed by atoms with Crippen molar-refractivity contribution in [3.63, 3.8) is 0 Å². The van der Waals surface area contributed by atoms with Crippen molar-refractivity contribution in [1.29, 1.82) is 0 Å². The van der Waals surface area contributed by atoms with Crippen molar-refractivity contribution in [1.82, 2.24) is 9.38 Å². The van der Waals surface area contributed by atoms with E-state index >= 15 is 0 Å². The standard InChI is InChI=1S/C36H25N4O.Pt/c1-24-10-3-4-13-28(24)32-22-39-33-15-6-5-14-30(33)29-19-18-27(21-31(29)36(39)37-32)41-26-12-9-11-25(20-26)40-23-38(2)34-16-7-8-17-35(34)40;/h3-19,22-23H,1-2H3;/q-3;. The Morgan fingerprint density at radius 2 is 1.50 bits per heavy atom. The maximum Gasteiger partial charge on any atom is 0.0774 e. The number of ether oxygens (including phenoxy) is 1. The van der Waals surface area contributed by atoms with Gasteiger partial charge in [-0.05, 0) is 43.1 Å². The topological polar surface area (TPSA) is 33.0 Å². The van der Waals surface area contributed by atoms with Crippen LogP contribution in [-0.2, 0) is 21.1 Å². The Hall–Kier alpha value is -4.60. The second kappa shape index (κ2) is 10.3. The molecule has 0 saturated heterocycles. The first-order chi connectivity index (χ1) is 20.1. The maximum absolute atomic E-state index is 6.37. The Kier molecular flexibility index (Phi) is 6.48. The van der Waals surface area contributed by atoms with Crippen LogP contribution in [0.1, 0.15) is 5.56 Å². The molecule has 2 aromatic heterocycles. The van der Waals surface area contributed by atoms with Gasteiger partial charge in [0.1, 0.15) is 0 Å². The summed E-state index contributed by atoms with van der Waals surface area (Å²) < 4.78 is 8.54. The monoisotopic (exact) mass is 724 g/mol. The molecule has 0 N–H and O–H groups in total. The molecule has 5 aromatic carbocycles. The first kappa shape index (κ1) is 26.3. The van der Waals surface area contributed by atoms with Gasteiger partial charge in [0.2, 0.25) is 0 Å². The molecule has 6 heteroatoms. The third-order valence-corrected chi connectivity index (χ3v) is 7.77. The second-order valence-electron chi connectivity index (χ2n) is 10.4. The fourth-order valence-corrected chi connectivity index (χ4v) is 5.79. The molecular formula is C36H25N4OPt-3. The van der Waals surface area contributed by atoms with E-state index in [1.807, 2.05) is 37.4 Å². The molecule has 0 radical (unpaired) electrons. The van der Waals surface area contributed by atoms with Gasteiger partial charge in [-0.15, -0.1) is 36.0 Å². The summed E-state index contributed by atoms with van der Waals surface area (Å²) in [6, 6.07) is 42.1. The first-order valence-corrected chi connectivity index (χ1v) is 13.6. The number of imidazole rings is 1. The third-order valence-electron chi connectivity index (χ3n) is 7.77. The Balaban J connectivity index is 0.00000288. The van der Waals surface area contributed by atoms with Crippen molar-refractivity contribution in [2.24, 2.45) is 0 Å². The summed E-state index contributed by atoms with van der Waals surface area (Å²) in [6.07, 6.45) is 2.12. The molecule has 1 aliphatic heterocycles. The predicted octanol–water partition coefficient (Wildman–Crippen LogP) is 8.71. The largest absolute Gasteiger partial charge is 0.504 e. The van der Waals surface area contributed by atoms with Crippen LogP contribution in [0, 0.1) is 25.7 Å². The van der Waals surface area contributed by atoms with Crippen LogP contribution in [0.5, 0.6) is 11.5 Å². The second-order valence-corrected chi connectivity index (χ2v) is 10.4. The van der Waals surface area contributed by atoms with Crippen molar-refractivity contribution in [3.8, 4) is 22.8 Å². The van der Waals surface area contributed by atoms with Gasteiger partial charge >= 0.3 is 0 Å². The molecule has 0 unspecified atom stereocenters. The smallest absolute Gasteiger partial charge is 0.0774 e. The molecule has 0 atom stereocenters. The minimum Gasteiger partial charge on any atom is -0.504 e. The average molecular weight is 725 g/mol.